The molecule has 108 valence electrons. The minimum Gasteiger partial charge on any atom is -0.505 e. The maximum Gasteiger partial charge on any atom is 0.165 e. The number of ether oxygens (including phenoxy) is 1. The summed E-state index contributed by atoms with van der Waals surface area (Å²) in [6.45, 7) is 6.18. The van der Waals surface area contributed by atoms with Gasteiger partial charge in [0.1, 0.15) is 11.5 Å². The van der Waals surface area contributed by atoms with Gasteiger partial charge in [-0.05, 0) is 29.7 Å². The monoisotopic (exact) mass is 278 g/mol. The zero-order valence-electron chi connectivity index (χ0n) is 11.8. The highest BCUT2D eigenvalue weighted by molar-refractivity contribution is 5.36. The molecule has 2 unspecified atom stereocenters. The number of hydrogen-bond acceptors (Lipinski definition) is 3. The Hall–Kier alpha value is -1.81. The van der Waals surface area contributed by atoms with Crippen LogP contribution in [0.25, 0.3) is 0 Å². The molecule has 0 saturated carbocycles. The van der Waals surface area contributed by atoms with Gasteiger partial charge in [0.25, 0.3) is 0 Å². The number of phenols is 1. The summed E-state index contributed by atoms with van der Waals surface area (Å²) in [7, 11) is 0. The van der Waals surface area contributed by atoms with Gasteiger partial charge in [-0.3, -0.25) is 0 Å². The van der Waals surface area contributed by atoms with Crippen molar-refractivity contribution in [2.75, 3.05) is 0 Å². The first-order valence-corrected chi connectivity index (χ1v) is 6.52. The van der Waals surface area contributed by atoms with Crippen molar-refractivity contribution in [1.82, 2.24) is 0 Å². The first-order valence-electron chi connectivity index (χ1n) is 6.52. The Labute approximate surface area is 118 Å². The molecule has 1 aliphatic rings. The second kappa shape index (κ2) is 5.29. The molecule has 1 aromatic carbocycles. The third-order valence-electron chi connectivity index (χ3n) is 3.32. The van der Waals surface area contributed by atoms with E-state index < -0.39 is 17.7 Å². The van der Waals surface area contributed by atoms with E-state index in [0.29, 0.717) is 11.5 Å². The summed E-state index contributed by atoms with van der Waals surface area (Å²) in [6, 6.07) is 3.75. The normalized spacial score (nSPS) is 22.6. The van der Waals surface area contributed by atoms with Gasteiger partial charge in [-0.2, -0.15) is 0 Å². The fourth-order valence-electron chi connectivity index (χ4n) is 2.20. The summed E-state index contributed by atoms with van der Waals surface area (Å²) in [5.41, 5.74) is -0.0495. The lowest BCUT2D eigenvalue weighted by Gasteiger charge is -2.33. The van der Waals surface area contributed by atoms with Crippen molar-refractivity contribution >= 4 is 0 Å². The lowest BCUT2D eigenvalue weighted by atomic mass is 9.75. The van der Waals surface area contributed by atoms with Gasteiger partial charge in [0.05, 0.1) is 6.10 Å². The molecule has 0 spiro atoms. The number of hydrogen-bond donors (Lipinski definition) is 2. The number of aromatic hydroxyl groups is 1. The largest absolute Gasteiger partial charge is 0.505 e. The van der Waals surface area contributed by atoms with Crippen LogP contribution in [-0.2, 0) is 0 Å². The Morgan fingerprint density at radius 3 is 2.50 bits per heavy atom. The van der Waals surface area contributed by atoms with E-state index in [-0.39, 0.29) is 11.3 Å². The molecule has 20 heavy (non-hydrogen) atoms. The van der Waals surface area contributed by atoms with Crippen molar-refractivity contribution in [3.63, 3.8) is 0 Å². The van der Waals surface area contributed by atoms with E-state index in [1.165, 1.54) is 12.1 Å². The molecule has 0 fully saturated rings. The molecule has 1 aromatic rings. The first-order chi connectivity index (χ1) is 9.27. The minimum absolute atomic E-state index is 0.0106. The number of aliphatic hydroxyl groups excluding tert-OH is 1. The molecule has 2 N–H and O–H groups in total. The van der Waals surface area contributed by atoms with Gasteiger partial charge in [0.15, 0.2) is 11.6 Å². The predicted octanol–water partition coefficient (Wildman–Crippen LogP) is 3.39. The third kappa shape index (κ3) is 3.20. The maximum absolute atomic E-state index is 12.9. The number of rotatable bonds is 2. The second-order valence-corrected chi connectivity index (χ2v) is 6.03. The number of phenolic OH excluding ortho intramolecular Hbond substituents is 1. The SMILES string of the molecule is CC(C)(C)C1C=CC(Oc2ccc(F)c(O)c2)=CC1O. The van der Waals surface area contributed by atoms with Crippen LogP contribution in [-0.4, -0.2) is 16.3 Å². The molecule has 0 heterocycles. The topological polar surface area (TPSA) is 49.7 Å². The zero-order valence-corrected chi connectivity index (χ0v) is 11.8. The number of allylic oxidation sites excluding steroid dienone is 1. The van der Waals surface area contributed by atoms with Crippen LogP contribution in [0, 0.1) is 17.2 Å². The summed E-state index contributed by atoms with van der Waals surface area (Å²) < 4.78 is 18.5. The van der Waals surface area contributed by atoms with E-state index in [1.807, 2.05) is 6.08 Å². The number of halogens is 1. The lowest BCUT2D eigenvalue weighted by molar-refractivity contribution is 0.103. The first kappa shape index (κ1) is 14.6. The van der Waals surface area contributed by atoms with Gasteiger partial charge in [-0.15, -0.1) is 0 Å². The number of benzene rings is 1. The lowest BCUT2D eigenvalue weighted by Crippen LogP contribution is -2.31. The van der Waals surface area contributed by atoms with E-state index in [9.17, 15) is 14.6 Å². The summed E-state index contributed by atoms with van der Waals surface area (Å²) in [5, 5.41) is 19.4. The predicted molar refractivity (Wildman–Crippen MR) is 74.9 cm³/mol. The smallest absolute Gasteiger partial charge is 0.165 e. The molecule has 0 aromatic heterocycles. The van der Waals surface area contributed by atoms with E-state index in [0.717, 1.165) is 6.07 Å². The standard InChI is InChI=1S/C16H19FO3/c1-16(2,3)12-6-4-10(8-14(12)18)20-11-5-7-13(17)15(19)9-11/h4-9,12,14,18-19H,1-3H3. The highest BCUT2D eigenvalue weighted by atomic mass is 19.1. The second-order valence-electron chi connectivity index (χ2n) is 6.03. The molecular weight excluding hydrogens is 259 g/mol. The van der Waals surface area contributed by atoms with Crippen molar-refractivity contribution in [3.05, 3.63) is 48.0 Å². The van der Waals surface area contributed by atoms with Crippen LogP contribution in [0.15, 0.2) is 42.2 Å². The van der Waals surface area contributed by atoms with Crippen molar-refractivity contribution in [1.29, 1.82) is 0 Å². The highest BCUT2D eigenvalue weighted by Crippen LogP contribution is 2.34. The average Bonchev–Trinajstić information content (AvgIpc) is 2.32. The molecule has 0 aliphatic heterocycles. The quantitative estimate of drug-likeness (QED) is 0.872. The van der Waals surface area contributed by atoms with Crippen LogP contribution in [0.3, 0.4) is 0 Å². The summed E-state index contributed by atoms with van der Waals surface area (Å²) in [6.07, 6.45) is 4.67. The summed E-state index contributed by atoms with van der Waals surface area (Å²) >= 11 is 0. The molecule has 2 rings (SSSR count). The molecule has 1 aliphatic carbocycles. The Morgan fingerprint density at radius 2 is 1.95 bits per heavy atom. The molecule has 0 radical (unpaired) electrons. The van der Waals surface area contributed by atoms with Crippen LogP contribution in [0.1, 0.15) is 20.8 Å². The van der Waals surface area contributed by atoms with E-state index >= 15 is 0 Å². The van der Waals surface area contributed by atoms with E-state index in [2.05, 4.69) is 20.8 Å². The molecule has 0 saturated heterocycles. The van der Waals surface area contributed by atoms with Crippen LogP contribution < -0.4 is 4.74 Å². The Balaban J connectivity index is 2.12. The van der Waals surface area contributed by atoms with E-state index in [1.54, 1.807) is 12.2 Å². The zero-order chi connectivity index (χ0) is 14.9. The fourth-order valence-corrected chi connectivity index (χ4v) is 2.20. The molecule has 0 amide bonds. The van der Waals surface area contributed by atoms with Crippen LogP contribution in [0.4, 0.5) is 4.39 Å². The summed E-state index contributed by atoms with van der Waals surface area (Å²) in [5.74, 6) is -0.351. The third-order valence-corrected chi connectivity index (χ3v) is 3.32. The molecular formula is C16H19FO3. The summed E-state index contributed by atoms with van der Waals surface area (Å²) in [4.78, 5) is 0. The van der Waals surface area contributed by atoms with Crippen molar-refractivity contribution in [2.24, 2.45) is 11.3 Å². The van der Waals surface area contributed by atoms with E-state index in [4.69, 9.17) is 4.74 Å². The van der Waals surface area contributed by atoms with Gasteiger partial charge in [-0.25, -0.2) is 4.39 Å². The fraction of sp³-hybridized carbons (Fsp3) is 0.375. The highest BCUT2D eigenvalue weighted by Gasteiger charge is 2.30. The van der Waals surface area contributed by atoms with Gasteiger partial charge >= 0.3 is 0 Å². The Kier molecular flexibility index (Phi) is 3.86. The van der Waals surface area contributed by atoms with Crippen LogP contribution in [0.2, 0.25) is 0 Å². The van der Waals surface area contributed by atoms with Crippen LogP contribution in [0.5, 0.6) is 11.5 Å². The average molecular weight is 278 g/mol. The molecule has 4 heteroatoms. The van der Waals surface area contributed by atoms with Gasteiger partial charge in [-0.1, -0.05) is 26.8 Å². The van der Waals surface area contributed by atoms with Crippen molar-refractivity contribution in [2.45, 2.75) is 26.9 Å². The van der Waals surface area contributed by atoms with Gasteiger partial charge < -0.3 is 14.9 Å². The van der Waals surface area contributed by atoms with Gasteiger partial charge in [0.2, 0.25) is 0 Å². The minimum atomic E-state index is -0.696. The molecule has 3 nitrogen and oxygen atoms in total. The van der Waals surface area contributed by atoms with Crippen molar-refractivity contribution in [3.8, 4) is 11.5 Å². The molecule has 2 atom stereocenters. The Bertz CT molecular complexity index is 555. The van der Waals surface area contributed by atoms with Gasteiger partial charge in [0, 0.05) is 12.0 Å². The Morgan fingerprint density at radius 1 is 1.25 bits per heavy atom. The molecule has 0 bridgehead atoms. The maximum atomic E-state index is 12.9. The number of aliphatic hydroxyl groups is 1. The van der Waals surface area contributed by atoms with Crippen LogP contribution >= 0.6 is 0 Å². The van der Waals surface area contributed by atoms with Crippen molar-refractivity contribution < 1.29 is 19.3 Å².